The van der Waals surface area contributed by atoms with Gasteiger partial charge in [-0.3, -0.25) is 14.9 Å². The molecular weight excluding hydrogens is 238 g/mol. The Morgan fingerprint density at radius 3 is 2.28 bits per heavy atom. The Bertz CT molecular complexity index is 294. The van der Waals surface area contributed by atoms with Gasteiger partial charge in [-0.2, -0.15) is 0 Å². The van der Waals surface area contributed by atoms with Gasteiger partial charge in [0.25, 0.3) is 0 Å². The average molecular weight is 259 g/mol. The van der Waals surface area contributed by atoms with Crippen molar-refractivity contribution in [1.29, 1.82) is 0 Å². The van der Waals surface area contributed by atoms with Gasteiger partial charge in [-0.05, 0) is 12.8 Å². The third-order valence-corrected chi connectivity index (χ3v) is 2.07. The largest absolute Gasteiger partial charge is 0.479 e. The van der Waals surface area contributed by atoms with E-state index in [1.165, 1.54) is 0 Å². The van der Waals surface area contributed by atoms with Crippen molar-refractivity contribution in [2.45, 2.75) is 39.3 Å². The lowest BCUT2D eigenvalue weighted by atomic mass is 10.3. The van der Waals surface area contributed by atoms with Crippen molar-refractivity contribution >= 4 is 17.8 Å². The zero-order valence-corrected chi connectivity index (χ0v) is 10.8. The molecule has 0 saturated carbocycles. The number of amides is 2. The van der Waals surface area contributed by atoms with Gasteiger partial charge in [-0.1, -0.05) is 13.8 Å². The highest BCUT2D eigenvalue weighted by Gasteiger charge is 2.19. The Kier molecular flexibility index (Phi) is 8.55. The summed E-state index contributed by atoms with van der Waals surface area (Å²) >= 11 is 0. The topological polar surface area (TPSA) is 108 Å². The standard InChI is InChI=1S/C11H21N3O4/c1-3-5-8(15)14-10(11(17)18)13-7-9(16)12-6-4-2/h10,13H,3-7H2,1-2H3,(H,12,16)(H,14,15)(H,17,18). The summed E-state index contributed by atoms with van der Waals surface area (Å²) in [7, 11) is 0. The monoisotopic (exact) mass is 259 g/mol. The number of carbonyl (C=O) groups excluding carboxylic acids is 2. The normalized spacial score (nSPS) is 11.7. The van der Waals surface area contributed by atoms with Crippen LogP contribution in [0.5, 0.6) is 0 Å². The van der Waals surface area contributed by atoms with E-state index in [1.807, 2.05) is 13.8 Å². The second kappa shape index (κ2) is 9.41. The molecule has 1 atom stereocenters. The zero-order valence-electron chi connectivity index (χ0n) is 10.8. The highest BCUT2D eigenvalue weighted by molar-refractivity contribution is 5.84. The molecule has 0 heterocycles. The maximum absolute atomic E-state index is 11.3. The number of carbonyl (C=O) groups is 3. The minimum atomic E-state index is -1.24. The molecule has 0 aromatic carbocycles. The fourth-order valence-electron chi connectivity index (χ4n) is 1.18. The van der Waals surface area contributed by atoms with Crippen LogP contribution in [0.4, 0.5) is 0 Å². The molecule has 0 aliphatic rings. The van der Waals surface area contributed by atoms with Crippen molar-refractivity contribution in [3.05, 3.63) is 0 Å². The first-order valence-electron chi connectivity index (χ1n) is 6.03. The van der Waals surface area contributed by atoms with Crippen LogP contribution < -0.4 is 16.0 Å². The Balaban J connectivity index is 4.08. The van der Waals surface area contributed by atoms with Gasteiger partial charge in [-0.15, -0.1) is 0 Å². The van der Waals surface area contributed by atoms with Crippen LogP contribution in [-0.4, -0.2) is 42.1 Å². The van der Waals surface area contributed by atoms with E-state index >= 15 is 0 Å². The molecule has 1 unspecified atom stereocenters. The molecule has 18 heavy (non-hydrogen) atoms. The quantitative estimate of drug-likeness (QED) is 0.415. The molecule has 0 aromatic heterocycles. The summed E-state index contributed by atoms with van der Waals surface area (Å²) in [6.07, 6.45) is 0.459. The smallest absolute Gasteiger partial charge is 0.341 e. The van der Waals surface area contributed by atoms with E-state index in [0.29, 0.717) is 13.0 Å². The Hall–Kier alpha value is -1.63. The van der Waals surface area contributed by atoms with E-state index in [0.717, 1.165) is 6.42 Å². The Labute approximate surface area is 106 Å². The predicted octanol–water partition coefficient (Wildman–Crippen LogP) is -0.571. The van der Waals surface area contributed by atoms with E-state index in [1.54, 1.807) is 0 Å². The van der Waals surface area contributed by atoms with Gasteiger partial charge < -0.3 is 15.7 Å². The van der Waals surface area contributed by atoms with Crippen molar-refractivity contribution in [3.63, 3.8) is 0 Å². The molecule has 4 N–H and O–H groups in total. The van der Waals surface area contributed by atoms with E-state index in [2.05, 4.69) is 16.0 Å². The minimum Gasteiger partial charge on any atom is -0.479 e. The first kappa shape index (κ1) is 16.4. The summed E-state index contributed by atoms with van der Waals surface area (Å²) in [6.45, 7) is 4.13. The van der Waals surface area contributed by atoms with Crippen LogP contribution >= 0.6 is 0 Å². The summed E-state index contributed by atoms with van der Waals surface area (Å²) in [5, 5.41) is 16.2. The van der Waals surface area contributed by atoms with Crippen LogP contribution in [0.1, 0.15) is 33.1 Å². The average Bonchev–Trinajstić information content (AvgIpc) is 2.31. The van der Waals surface area contributed by atoms with Crippen molar-refractivity contribution in [1.82, 2.24) is 16.0 Å². The second-order valence-electron chi connectivity index (χ2n) is 3.82. The fraction of sp³-hybridized carbons (Fsp3) is 0.727. The molecule has 0 aromatic rings. The lowest BCUT2D eigenvalue weighted by molar-refractivity contribution is -0.143. The van der Waals surface area contributed by atoms with Crippen molar-refractivity contribution in [2.24, 2.45) is 0 Å². The molecule has 0 fully saturated rings. The number of hydrogen-bond donors (Lipinski definition) is 4. The van der Waals surface area contributed by atoms with E-state index in [9.17, 15) is 14.4 Å². The molecule has 0 rings (SSSR count). The fourth-order valence-corrected chi connectivity index (χ4v) is 1.18. The van der Waals surface area contributed by atoms with Gasteiger partial charge in [0.15, 0.2) is 6.17 Å². The van der Waals surface area contributed by atoms with Gasteiger partial charge in [0.05, 0.1) is 6.54 Å². The van der Waals surface area contributed by atoms with Crippen molar-refractivity contribution in [2.75, 3.05) is 13.1 Å². The highest BCUT2D eigenvalue weighted by atomic mass is 16.4. The number of rotatable bonds is 9. The molecule has 0 saturated heterocycles. The summed E-state index contributed by atoms with van der Waals surface area (Å²) in [6, 6.07) is 0. The molecule has 7 heteroatoms. The lowest BCUT2D eigenvalue weighted by Gasteiger charge is -2.15. The lowest BCUT2D eigenvalue weighted by Crippen LogP contribution is -2.53. The molecule has 0 aliphatic carbocycles. The molecule has 2 amide bonds. The molecule has 0 radical (unpaired) electrons. The summed E-state index contributed by atoms with van der Waals surface area (Å²) < 4.78 is 0. The first-order chi connectivity index (χ1) is 8.51. The highest BCUT2D eigenvalue weighted by Crippen LogP contribution is 1.88. The van der Waals surface area contributed by atoms with E-state index in [4.69, 9.17) is 5.11 Å². The van der Waals surface area contributed by atoms with E-state index in [-0.39, 0.29) is 24.8 Å². The van der Waals surface area contributed by atoms with Gasteiger partial charge in [0, 0.05) is 13.0 Å². The third-order valence-electron chi connectivity index (χ3n) is 2.07. The molecule has 0 spiro atoms. The summed E-state index contributed by atoms with van der Waals surface area (Å²) in [5.74, 6) is -1.87. The third kappa shape index (κ3) is 7.61. The number of nitrogens with one attached hydrogen (secondary N) is 3. The number of hydrogen-bond acceptors (Lipinski definition) is 4. The van der Waals surface area contributed by atoms with Crippen LogP contribution in [0.25, 0.3) is 0 Å². The second-order valence-corrected chi connectivity index (χ2v) is 3.82. The van der Waals surface area contributed by atoms with Gasteiger partial charge >= 0.3 is 5.97 Å². The van der Waals surface area contributed by atoms with Crippen LogP contribution in [0.3, 0.4) is 0 Å². The maximum Gasteiger partial charge on any atom is 0.341 e. The van der Waals surface area contributed by atoms with Gasteiger partial charge in [0.2, 0.25) is 11.8 Å². The first-order valence-corrected chi connectivity index (χ1v) is 6.03. The van der Waals surface area contributed by atoms with Gasteiger partial charge in [0.1, 0.15) is 0 Å². The van der Waals surface area contributed by atoms with Crippen LogP contribution in [0.15, 0.2) is 0 Å². The molecular formula is C11H21N3O4. The molecule has 0 aliphatic heterocycles. The molecule has 104 valence electrons. The molecule has 7 nitrogen and oxygen atoms in total. The minimum absolute atomic E-state index is 0.149. The van der Waals surface area contributed by atoms with Crippen LogP contribution in [-0.2, 0) is 14.4 Å². The van der Waals surface area contributed by atoms with E-state index < -0.39 is 12.1 Å². The van der Waals surface area contributed by atoms with Crippen molar-refractivity contribution in [3.8, 4) is 0 Å². The molecule has 0 bridgehead atoms. The number of aliphatic carboxylic acids is 1. The Morgan fingerprint density at radius 2 is 1.78 bits per heavy atom. The SMILES string of the molecule is CCCNC(=O)CNC(NC(=O)CCC)C(=O)O. The summed E-state index contributed by atoms with van der Waals surface area (Å²) in [5.41, 5.74) is 0. The van der Waals surface area contributed by atoms with Crippen LogP contribution in [0, 0.1) is 0 Å². The van der Waals surface area contributed by atoms with Crippen LogP contribution in [0.2, 0.25) is 0 Å². The Morgan fingerprint density at radius 1 is 1.11 bits per heavy atom. The number of carboxylic acid groups (broad SMARTS) is 1. The zero-order chi connectivity index (χ0) is 14.0. The van der Waals surface area contributed by atoms with Gasteiger partial charge in [-0.25, -0.2) is 4.79 Å². The number of carboxylic acids is 1. The maximum atomic E-state index is 11.3. The predicted molar refractivity (Wildman–Crippen MR) is 65.8 cm³/mol. The van der Waals surface area contributed by atoms with Crippen molar-refractivity contribution < 1.29 is 19.5 Å². The summed E-state index contributed by atoms with van der Waals surface area (Å²) in [4.78, 5) is 33.4.